The third-order valence-electron chi connectivity index (χ3n) is 6.58. The average Bonchev–Trinajstić information content (AvgIpc) is 3.03. The number of hydrazone groups is 1. The lowest BCUT2D eigenvalue weighted by Crippen LogP contribution is -2.45. The molecule has 46 heavy (non-hydrogen) atoms. The van der Waals surface area contributed by atoms with Gasteiger partial charge in [0.05, 0.1) is 36.6 Å². The maximum absolute atomic E-state index is 12.8. The van der Waals surface area contributed by atoms with Crippen molar-refractivity contribution in [3.63, 3.8) is 0 Å². The number of amides is 1. The molecular formula is C33H33ClN4O7S. The molecule has 3 N–H and O–H groups in total. The number of rotatable bonds is 13. The first-order valence-corrected chi connectivity index (χ1v) is 15.2. The van der Waals surface area contributed by atoms with Crippen molar-refractivity contribution in [1.82, 2.24) is 16.1 Å². The van der Waals surface area contributed by atoms with Gasteiger partial charge < -0.3 is 29.6 Å². The highest BCUT2D eigenvalue weighted by Crippen LogP contribution is 2.33. The molecule has 4 rings (SSSR count). The van der Waals surface area contributed by atoms with E-state index >= 15 is 0 Å². The Morgan fingerprint density at radius 2 is 1.67 bits per heavy atom. The summed E-state index contributed by atoms with van der Waals surface area (Å²) in [5.74, 6) is -0.551. The maximum Gasteiger partial charge on any atom is 0.338 e. The number of hydrogen-bond acceptors (Lipinski definition) is 9. The Morgan fingerprint density at radius 3 is 2.41 bits per heavy atom. The van der Waals surface area contributed by atoms with Gasteiger partial charge in [0, 0.05) is 21.8 Å². The average molecular weight is 665 g/mol. The van der Waals surface area contributed by atoms with Gasteiger partial charge >= 0.3 is 11.9 Å². The molecule has 1 atom stereocenters. The predicted octanol–water partition coefficient (Wildman–Crippen LogP) is 4.98. The van der Waals surface area contributed by atoms with Crippen molar-refractivity contribution in [3.05, 3.63) is 105 Å². The molecule has 0 bridgehead atoms. The molecule has 1 aliphatic heterocycles. The number of allylic oxidation sites excluding steroid dienone is 1. The molecule has 0 saturated carbocycles. The first-order chi connectivity index (χ1) is 22.2. The van der Waals surface area contributed by atoms with Crippen LogP contribution < -0.4 is 25.5 Å². The first-order valence-electron chi connectivity index (χ1n) is 14.4. The van der Waals surface area contributed by atoms with Crippen LogP contribution in [0.1, 0.15) is 53.9 Å². The Labute approximate surface area is 276 Å². The van der Waals surface area contributed by atoms with Crippen molar-refractivity contribution < 1.29 is 33.3 Å². The van der Waals surface area contributed by atoms with Gasteiger partial charge in [0.25, 0.3) is 5.91 Å². The van der Waals surface area contributed by atoms with E-state index in [1.165, 1.54) is 6.21 Å². The molecule has 0 saturated heterocycles. The van der Waals surface area contributed by atoms with Crippen LogP contribution >= 0.6 is 23.8 Å². The van der Waals surface area contributed by atoms with Crippen LogP contribution in [0.15, 0.2) is 83.1 Å². The number of benzene rings is 3. The van der Waals surface area contributed by atoms with Gasteiger partial charge in [-0.3, -0.25) is 4.79 Å². The molecule has 240 valence electrons. The molecule has 13 heteroatoms. The van der Waals surface area contributed by atoms with Gasteiger partial charge in [0.2, 0.25) is 0 Å². The predicted molar refractivity (Wildman–Crippen MR) is 177 cm³/mol. The van der Waals surface area contributed by atoms with Crippen molar-refractivity contribution in [2.45, 2.75) is 33.4 Å². The number of esters is 2. The fourth-order valence-corrected chi connectivity index (χ4v) is 4.92. The van der Waals surface area contributed by atoms with Gasteiger partial charge in [0.15, 0.2) is 11.7 Å². The van der Waals surface area contributed by atoms with Crippen LogP contribution in [-0.4, -0.2) is 49.0 Å². The summed E-state index contributed by atoms with van der Waals surface area (Å²) in [5, 5.41) is 10.9. The summed E-state index contributed by atoms with van der Waals surface area (Å²) in [6.07, 6.45) is 1.41. The summed E-state index contributed by atoms with van der Waals surface area (Å²) in [4.78, 5) is 37.3. The van der Waals surface area contributed by atoms with E-state index in [0.717, 1.165) is 5.56 Å². The Morgan fingerprint density at radius 1 is 0.957 bits per heavy atom. The lowest BCUT2D eigenvalue weighted by molar-refractivity contribution is -0.139. The zero-order valence-electron chi connectivity index (χ0n) is 25.4. The summed E-state index contributed by atoms with van der Waals surface area (Å²) in [6, 6.07) is 18.3. The van der Waals surface area contributed by atoms with Crippen molar-refractivity contribution in [2.75, 3.05) is 19.8 Å². The van der Waals surface area contributed by atoms with Gasteiger partial charge in [-0.15, -0.1) is 0 Å². The molecule has 0 aromatic heterocycles. The van der Waals surface area contributed by atoms with E-state index < -0.39 is 17.9 Å². The standard InChI is InChI=1S/C33H33ClN4O7S/c1-4-42-31(40)22-12-10-21(11-13-22)18-44-26-15-14-24(34)16-23(26)17-35-38-28(39)19-45-27-9-7-6-8-25(27)30-29(32(41)43-5-2)20(3)36-33(46)37-30/h6-17,30H,4-5,18-19H2,1-3H3,(H,38,39)(H2,36,37,46)/t30-/m0/s1. The Bertz CT molecular complexity index is 1660. The van der Waals surface area contributed by atoms with Crippen LogP contribution in [0.2, 0.25) is 5.02 Å². The van der Waals surface area contributed by atoms with Gasteiger partial charge in [-0.2, -0.15) is 5.10 Å². The number of para-hydroxylation sites is 1. The topological polar surface area (TPSA) is 137 Å². The fourth-order valence-electron chi connectivity index (χ4n) is 4.47. The van der Waals surface area contributed by atoms with Crippen molar-refractivity contribution >= 4 is 53.0 Å². The zero-order valence-corrected chi connectivity index (χ0v) is 27.0. The minimum Gasteiger partial charge on any atom is -0.488 e. The maximum atomic E-state index is 12.8. The van der Waals surface area contributed by atoms with E-state index in [9.17, 15) is 14.4 Å². The van der Waals surface area contributed by atoms with E-state index in [2.05, 4.69) is 21.2 Å². The third kappa shape index (κ3) is 9.05. The molecule has 3 aromatic carbocycles. The first kappa shape index (κ1) is 33.9. The number of thiocarbonyl (C=S) groups is 1. The van der Waals surface area contributed by atoms with Gasteiger partial charge in [-0.25, -0.2) is 15.0 Å². The second-order valence-electron chi connectivity index (χ2n) is 9.80. The van der Waals surface area contributed by atoms with E-state index in [4.69, 9.17) is 42.8 Å². The molecule has 0 radical (unpaired) electrons. The van der Waals surface area contributed by atoms with E-state index in [1.807, 2.05) is 0 Å². The van der Waals surface area contributed by atoms with E-state index in [0.29, 0.717) is 56.2 Å². The molecule has 0 unspecified atom stereocenters. The highest BCUT2D eigenvalue weighted by atomic mass is 35.5. The number of hydrogen-bond donors (Lipinski definition) is 3. The number of ether oxygens (including phenoxy) is 4. The molecular weight excluding hydrogens is 632 g/mol. The summed E-state index contributed by atoms with van der Waals surface area (Å²) < 4.78 is 22.1. The SMILES string of the molecule is CCOC(=O)C1=C(C)NC(=S)N[C@H]1c1ccccc1OCC(=O)NN=Cc1cc(Cl)ccc1OCc1ccc(C(=O)OCC)cc1. The molecule has 11 nitrogen and oxygen atoms in total. The second-order valence-corrected chi connectivity index (χ2v) is 10.6. The van der Waals surface area contributed by atoms with Crippen LogP contribution in [-0.2, 0) is 25.7 Å². The summed E-state index contributed by atoms with van der Waals surface area (Å²) in [5.41, 5.74) is 5.77. The van der Waals surface area contributed by atoms with Gasteiger partial charge in [0.1, 0.15) is 18.1 Å². The third-order valence-corrected chi connectivity index (χ3v) is 7.03. The monoisotopic (exact) mass is 664 g/mol. The number of carbonyl (C=O) groups excluding carboxylic acids is 3. The second kappa shape index (κ2) is 16.4. The molecule has 1 heterocycles. The molecule has 3 aromatic rings. The smallest absolute Gasteiger partial charge is 0.338 e. The molecule has 1 aliphatic rings. The van der Waals surface area contributed by atoms with E-state index in [-0.39, 0.29) is 25.8 Å². The quantitative estimate of drug-likeness (QED) is 0.0993. The highest BCUT2D eigenvalue weighted by molar-refractivity contribution is 7.80. The molecule has 0 fully saturated rings. The summed E-state index contributed by atoms with van der Waals surface area (Å²) in [7, 11) is 0. The zero-order chi connectivity index (χ0) is 33.1. The highest BCUT2D eigenvalue weighted by Gasteiger charge is 2.32. The largest absolute Gasteiger partial charge is 0.488 e. The number of nitrogens with zero attached hydrogens (tertiary/aromatic N) is 1. The Balaban J connectivity index is 1.38. The Kier molecular flexibility index (Phi) is 12.1. The van der Waals surface area contributed by atoms with Gasteiger partial charge in [-0.05, 0) is 75.0 Å². The fraction of sp³-hybridized carbons (Fsp3) is 0.242. The lowest BCUT2D eigenvalue weighted by atomic mass is 9.95. The van der Waals surface area contributed by atoms with Crippen molar-refractivity contribution in [2.24, 2.45) is 5.10 Å². The van der Waals surface area contributed by atoms with Crippen molar-refractivity contribution in [3.8, 4) is 11.5 Å². The van der Waals surface area contributed by atoms with Crippen LogP contribution in [0.25, 0.3) is 0 Å². The molecule has 0 spiro atoms. The van der Waals surface area contributed by atoms with Crippen molar-refractivity contribution in [1.29, 1.82) is 0 Å². The van der Waals surface area contributed by atoms with Gasteiger partial charge in [-0.1, -0.05) is 41.9 Å². The van der Waals surface area contributed by atoms with Crippen LogP contribution in [0, 0.1) is 0 Å². The summed E-state index contributed by atoms with van der Waals surface area (Å²) in [6.45, 7) is 5.58. The van der Waals surface area contributed by atoms with Crippen LogP contribution in [0.3, 0.4) is 0 Å². The molecule has 0 aliphatic carbocycles. The van der Waals surface area contributed by atoms with E-state index in [1.54, 1.807) is 87.5 Å². The Hall–Kier alpha value is -4.94. The minimum absolute atomic E-state index is 0.209. The van der Waals surface area contributed by atoms with Crippen LogP contribution in [0.4, 0.5) is 0 Å². The number of nitrogens with one attached hydrogen (secondary N) is 3. The van der Waals surface area contributed by atoms with Crippen LogP contribution in [0.5, 0.6) is 11.5 Å². The normalized spacial score (nSPS) is 14.3. The minimum atomic E-state index is -0.651. The number of carbonyl (C=O) groups is 3. The lowest BCUT2D eigenvalue weighted by Gasteiger charge is -2.30. The summed E-state index contributed by atoms with van der Waals surface area (Å²) >= 11 is 11.5. The number of halogens is 1. The molecule has 1 amide bonds.